The number of halogens is 7. The van der Waals surface area contributed by atoms with Crippen LogP contribution in [0.3, 0.4) is 0 Å². The summed E-state index contributed by atoms with van der Waals surface area (Å²) in [7, 11) is 1.85. The van der Waals surface area contributed by atoms with Crippen LogP contribution in [0.25, 0.3) is 22.7 Å². The van der Waals surface area contributed by atoms with E-state index in [1.54, 1.807) is 6.20 Å². The molecule has 2 aromatic heterocycles. The van der Waals surface area contributed by atoms with Gasteiger partial charge in [0.1, 0.15) is 11.6 Å². The Morgan fingerprint density at radius 2 is 1.56 bits per heavy atom. The van der Waals surface area contributed by atoms with Crippen LogP contribution in [-0.2, 0) is 25.9 Å². The predicted molar refractivity (Wildman–Crippen MR) is 126 cm³/mol. The zero-order chi connectivity index (χ0) is 27.9. The van der Waals surface area contributed by atoms with Crippen LogP contribution in [-0.4, -0.2) is 37.7 Å². The van der Waals surface area contributed by atoms with Crippen molar-refractivity contribution in [3.63, 3.8) is 0 Å². The van der Waals surface area contributed by atoms with Gasteiger partial charge < -0.3 is 9.09 Å². The van der Waals surface area contributed by atoms with Gasteiger partial charge in [0.15, 0.2) is 5.82 Å². The summed E-state index contributed by atoms with van der Waals surface area (Å²) in [6, 6.07) is 7.41. The summed E-state index contributed by atoms with van der Waals surface area (Å²) in [5.41, 5.74) is -0.958. The number of benzene rings is 2. The summed E-state index contributed by atoms with van der Waals surface area (Å²) in [5.74, 6) is -0.247. The molecule has 0 aliphatic carbocycles. The van der Waals surface area contributed by atoms with Gasteiger partial charge in [-0.25, -0.2) is 9.37 Å². The van der Waals surface area contributed by atoms with Crippen LogP contribution in [0.2, 0.25) is 0 Å². The maximum Gasteiger partial charge on any atom is 0.419 e. The third kappa shape index (κ3) is 5.82. The molecule has 1 aliphatic rings. The molecule has 0 bridgehead atoms. The highest BCUT2D eigenvalue weighted by Gasteiger charge is 2.35. The fourth-order valence-electron chi connectivity index (χ4n) is 4.69. The molecule has 0 amide bonds. The number of piperidine rings is 1. The first kappa shape index (κ1) is 26.9. The molecule has 1 aliphatic heterocycles. The first-order valence-electron chi connectivity index (χ1n) is 12.0. The van der Waals surface area contributed by atoms with E-state index in [2.05, 4.69) is 20.0 Å². The van der Waals surface area contributed by atoms with E-state index in [-0.39, 0.29) is 17.4 Å². The lowest BCUT2D eigenvalue weighted by Gasteiger charge is -2.30. The van der Waals surface area contributed by atoms with Gasteiger partial charge in [-0.3, -0.25) is 4.90 Å². The Hall–Kier alpha value is -3.74. The number of imidazole rings is 1. The van der Waals surface area contributed by atoms with Crippen LogP contribution in [0.5, 0.6) is 0 Å². The fourth-order valence-corrected chi connectivity index (χ4v) is 4.69. The van der Waals surface area contributed by atoms with E-state index in [4.69, 9.17) is 4.52 Å². The summed E-state index contributed by atoms with van der Waals surface area (Å²) in [5, 5.41) is 3.86. The minimum atomic E-state index is -4.85. The highest BCUT2D eigenvalue weighted by atomic mass is 19.4. The van der Waals surface area contributed by atoms with Gasteiger partial charge in [0.2, 0.25) is 0 Å². The predicted octanol–water partition coefficient (Wildman–Crippen LogP) is 6.69. The minimum absolute atomic E-state index is 0.0279. The average molecular weight is 553 g/mol. The monoisotopic (exact) mass is 553 g/mol. The highest BCUT2D eigenvalue weighted by Crippen LogP contribution is 2.35. The number of aromatic nitrogens is 4. The normalized spacial score (nSPS) is 15.7. The van der Waals surface area contributed by atoms with Crippen molar-refractivity contribution in [2.45, 2.75) is 37.7 Å². The van der Waals surface area contributed by atoms with Crippen LogP contribution in [0.4, 0.5) is 30.7 Å². The standard InChI is InChI=1S/C26H22F7N5O/c1-37-13-21(15-2-5-18(6-3-15)25(28,29)30)34-23(37)16-8-10-38(11-9-16)14-22-35-24(39-36-22)17-4-7-20(27)19(12-17)26(31,32)33/h2-7,12-13,16H,8-11,14H2,1H3. The van der Waals surface area contributed by atoms with E-state index < -0.39 is 29.3 Å². The van der Waals surface area contributed by atoms with E-state index in [0.717, 1.165) is 36.9 Å². The van der Waals surface area contributed by atoms with Crippen molar-refractivity contribution >= 4 is 0 Å². The summed E-state index contributed by atoms with van der Waals surface area (Å²) in [6.45, 7) is 1.67. The second kappa shape index (κ2) is 10.1. The SMILES string of the molecule is Cn1cc(-c2ccc(C(F)(F)F)cc2)nc1C1CCN(Cc2noc(-c3ccc(F)c(C(F)(F)F)c3)n2)CC1. The number of nitrogens with zero attached hydrogens (tertiary/aromatic N) is 5. The summed E-state index contributed by atoms with van der Waals surface area (Å²) >= 11 is 0. The molecule has 6 nitrogen and oxygen atoms in total. The first-order valence-corrected chi connectivity index (χ1v) is 12.0. The molecule has 4 aromatic rings. The molecular weight excluding hydrogens is 531 g/mol. The van der Waals surface area contributed by atoms with Crippen molar-refractivity contribution in [2.24, 2.45) is 7.05 Å². The van der Waals surface area contributed by atoms with Gasteiger partial charge in [0.25, 0.3) is 5.89 Å². The number of likely N-dealkylation sites (tertiary alicyclic amines) is 1. The molecule has 0 atom stereocenters. The van der Waals surface area contributed by atoms with Gasteiger partial charge in [-0.2, -0.15) is 31.3 Å². The van der Waals surface area contributed by atoms with E-state index in [1.807, 2.05) is 11.6 Å². The third-order valence-electron chi connectivity index (χ3n) is 6.72. The summed E-state index contributed by atoms with van der Waals surface area (Å²) < 4.78 is 98.2. The number of hydrogen-bond donors (Lipinski definition) is 0. The molecule has 206 valence electrons. The molecule has 2 aromatic carbocycles. The third-order valence-corrected chi connectivity index (χ3v) is 6.72. The van der Waals surface area contributed by atoms with Crippen molar-refractivity contribution in [1.82, 2.24) is 24.6 Å². The van der Waals surface area contributed by atoms with Gasteiger partial charge >= 0.3 is 12.4 Å². The van der Waals surface area contributed by atoms with Gasteiger partial charge in [-0.05, 0) is 56.3 Å². The van der Waals surface area contributed by atoms with Crippen LogP contribution in [0, 0.1) is 5.82 Å². The lowest BCUT2D eigenvalue weighted by Crippen LogP contribution is -2.33. The van der Waals surface area contributed by atoms with Crippen molar-refractivity contribution in [1.29, 1.82) is 0 Å². The quantitative estimate of drug-likeness (QED) is 0.258. The molecular formula is C26H22F7N5O. The molecule has 1 saturated heterocycles. The summed E-state index contributed by atoms with van der Waals surface area (Å²) in [4.78, 5) is 10.9. The Bertz CT molecular complexity index is 1450. The van der Waals surface area contributed by atoms with Crippen molar-refractivity contribution < 1.29 is 35.3 Å². The lowest BCUT2D eigenvalue weighted by atomic mass is 9.96. The van der Waals surface area contributed by atoms with Gasteiger partial charge in [-0.1, -0.05) is 17.3 Å². The molecule has 0 saturated carbocycles. The molecule has 0 N–H and O–H groups in total. The van der Waals surface area contributed by atoms with Gasteiger partial charge in [-0.15, -0.1) is 0 Å². The largest absolute Gasteiger partial charge is 0.419 e. The zero-order valence-electron chi connectivity index (χ0n) is 20.5. The molecule has 39 heavy (non-hydrogen) atoms. The molecule has 0 unspecified atom stereocenters. The van der Waals surface area contributed by atoms with E-state index in [9.17, 15) is 30.7 Å². The Morgan fingerprint density at radius 1 is 0.897 bits per heavy atom. The summed E-state index contributed by atoms with van der Waals surface area (Å²) in [6.07, 6.45) is -5.93. The second-order valence-electron chi connectivity index (χ2n) is 9.43. The molecule has 1 fully saturated rings. The molecule has 3 heterocycles. The number of rotatable bonds is 5. The van der Waals surface area contributed by atoms with Crippen LogP contribution in [0.1, 0.15) is 41.5 Å². The van der Waals surface area contributed by atoms with Crippen LogP contribution < -0.4 is 0 Å². The van der Waals surface area contributed by atoms with Crippen LogP contribution in [0.15, 0.2) is 53.2 Å². The smallest absolute Gasteiger partial charge is 0.337 e. The second-order valence-corrected chi connectivity index (χ2v) is 9.43. The highest BCUT2D eigenvalue weighted by molar-refractivity contribution is 5.59. The van der Waals surface area contributed by atoms with E-state index in [0.29, 0.717) is 48.8 Å². The lowest BCUT2D eigenvalue weighted by molar-refractivity contribution is -0.140. The minimum Gasteiger partial charge on any atom is -0.337 e. The van der Waals surface area contributed by atoms with Gasteiger partial charge in [0, 0.05) is 30.3 Å². The Morgan fingerprint density at radius 3 is 2.21 bits per heavy atom. The molecule has 0 radical (unpaired) electrons. The van der Waals surface area contributed by atoms with E-state index >= 15 is 0 Å². The van der Waals surface area contributed by atoms with Gasteiger partial charge in [0.05, 0.1) is 23.4 Å². The topological polar surface area (TPSA) is 60.0 Å². The average Bonchev–Trinajstić information content (AvgIpc) is 3.50. The van der Waals surface area contributed by atoms with Crippen molar-refractivity contribution in [3.05, 3.63) is 77.3 Å². The van der Waals surface area contributed by atoms with E-state index in [1.165, 1.54) is 12.1 Å². The number of alkyl halides is 6. The Balaban J connectivity index is 1.21. The molecule has 0 spiro atoms. The Labute approximate surface area is 218 Å². The Kier molecular flexibility index (Phi) is 6.95. The fraction of sp³-hybridized carbons (Fsp3) is 0.346. The molecule has 13 heteroatoms. The molecule has 5 rings (SSSR count). The zero-order valence-corrected chi connectivity index (χ0v) is 20.5. The maximum atomic E-state index is 13.6. The number of aryl methyl sites for hydroxylation is 1. The number of hydrogen-bond acceptors (Lipinski definition) is 5. The first-order chi connectivity index (χ1) is 18.4. The van der Waals surface area contributed by atoms with Crippen molar-refractivity contribution in [2.75, 3.05) is 13.1 Å². The van der Waals surface area contributed by atoms with Crippen LogP contribution >= 0.6 is 0 Å². The van der Waals surface area contributed by atoms with Crippen molar-refractivity contribution in [3.8, 4) is 22.7 Å². The maximum absolute atomic E-state index is 13.6.